The molecule has 5 rings (SSSR count). The third-order valence-corrected chi connectivity index (χ3v) is 9.38. The zero-order chi connectivity index (χ0) is 24.4. The normalized spacial score (nSPS) is 19.6. The van der Waals surface area contributed by atoms with Gasteiger partial charge in [0.1, 0.15) is 11.6 Å². The van der Waals surface area contributed by atoms with E-state index in [0.29, 0.717) is 37.2 Å². The number of benzene rings is 2. The average molecular weight is 514 g/mol. The van der Waals surface area contributed by atoms with E-state index in [1.54, 1.807) is 28.6 Å². The van der Waals surface area contributed by atoms with Crippen LogP contribution in [0.1, 0.15) is 50.9 Å². The third kappa shape index (κ3) is 5.31. The van der Waals surface area contributed by atoms with Crippen LogP contribution in [0.25, 0.3) is 10.9 Å². The number of piperazine rings is 1. The van der Waals surface area contributed by atoms with Crippen LogP contribution in [0.3, 0.4) is 0 Å². The van der Waals surface area contributed by atoms with Crippen LogP contribution in [0, 0.1) is 0 Å². The predicted molar refractivity (Wildman–Crippen MR) is 140 cm³/mol. The van der Waals surface area contributed by atoms with E-state index in [1.165, 1.54) is 32.1 Å². The van der Waals surface area contributed by atoms with Crippen molar-refractivity contribution in [1.82, 2.24) is 19.2 Å². The van der Waals surface area contributed by atoms with E-state index >= 15 is 0 Å². The molecule has 2 aromatic carbocycles. The fourth-order valence-corrected chi connectivity index (χ4v) is 6.63. The fourth-order valence-electron chi connectivity index (χ4n) is 5.08. The second-order valence-corrected chi connectivity index (χ2v) is 11.9. The number of nitrogens with zero attached hydrogens (tertiary/aromatic N) is 4. The van der Waals surface area contributed by atoms with Gasteiger partial charge in [0, 0.05) is 42.6 Å². The van der Waals surface area contributed by atoms with Gasteiger partial charge in [-0.15, -0.1) is 0 Å². The number of para-hydroxylation sites is 1. The molecule has 7 nitrogen and oxygen atoms in total. The van der Waals surface area contributed by atoms with E-state index in [-0.39, 0.29) is 10.9 Å². The van der Waals surface area contributed by atoms with Crippen molar-refractivity contribution in [3.05, 3.63) is 59.4 Å². The van der Waals surface area contributed by atoms with Gasteiger partial charge in [-0.05, 0) is 56.2 Å². The number of rotatable bonds is 6. The molecule has 2 fully saturated rings. The van der Waals surface area contributed by atoms with Crippen molar-refractivity contribution in [2.24, 2.45) is 0 Å². The van der Waals surface area contributed by atoms with E-state index in [1.807, 2.05) is 18.2 Å². The van der Waals surface area contributed by atoms with Gasteiger partial charge in [0.2, 0.25) is 10.0 Å². The lowest BCUT2D eigenvalue weighted by atomic mass is 9.95. The first-order chi connectivity index (χ1) is 16.9. The Labute approximate surface area is 212 Å². The van der Waals surface area contributed by atoms with Gasteiger partial charge in [-0.2, -0.15) is 4.31 Å². The standard InChI is InChI=1S/C26H32ClN5O2S/c1-19(31-15-17-32(18-16-31)35(33,34)22-13-11-20(27)12-14-22)25-29-24-10-6-5-9-23(24)26(30-25)28-21-7-3-2-4-8-21/h5-6,9-14,19,21H,2-4,7-8,15-18H2,1H3,(H,28,29,30)/t19-/m1/s1. The molecule has 1 saturated carbocycles. The first kappa shape index (κ1) is 24.4. The van der Waals surface area contributed by atoms with Crippen molar-refractivity contribution in [2.75, 3.05) is 31.5 Å². The first-order valence-corrected chi connectivity index (χ1v) is 14.3. The van der Waals surface area contributed by atoms with Crippen LogP contribution in [0.4, 0.5) is 5.82 Å². The molecule has 186 valence electrons. The molecule has 35 heavy (non-hydrogen) atoms. The number of hydrogen-bond donors (Lipinski definition) is 1. The summed E-state index contributed by atoms with van der Waals surface area (Å²) in [6.45, 7) is 4.20. The molecule has 9 heteroatoms. The minimum atomic E-state index is -3.54. The number of fused-ring (bicyclic) bond motifs is 1. The zero-order valence-electron chi connectivity index (χ0n) is 20.0. The van der Waals surface area contributed by atoms with Crippen LogP contribution in [0.5, 0.6) is 0 Å². The Bertz CT molecular complexity index is 1270. The molecule has 1 N–H and O–H groups in total. The molecule has 0 unspecified atom stereocenters. The number of hydrogen-bond acceptors (Lipinski definition) is 6. The lowest BCUT2D eigenvalue weighted by Gasteiger charge is -2.37. The summed E-state index contributed by atoms with van der Waals surface area (Å²) in [5, 5.41) is 5.28. The maximum absolute atomic E-state index is 13.1. The van der Waals surface area contributed by atoms with E-state index in [4.69, 9.17) is 21.6 Å². The largest absolute Gasteiger partial charge is 0.367 e. The molecule has 3 aromatic rings. The van der Waals surface area contributed by atoms with Crippen molar-refractivity contribution in [3.63, 3.8) is 0 Å². The second kappa shape index (κ2) is 10.4. The molecule has 2 heterocycles. The zero-order valence-corrected chi connectivity index (χ0v) is 21.6. The molecule has 0 radical (unpaired) electrons. The topological polar surface area (TPSA) is 78.4 Å². The van der Waals surface area contributed by atoms with Crippen molar-refractivity contribution in [3.8, 4) is 0 Å². The monoisotopic (exact) mass is 513 g/mol. The highest BCUT2D eigenvalue weighted by atomic mass is 35.5. The summed E-state index contributed by atoms with van der Waals surface area (Å²) in [5.74, 6) is 1.68. The third-order valence-electron chi connectivity index (χ3n) is 7.21. The summed E-state index contributed by atoms with van der Waals surface area (Å²) in [7, 11) is -3.54. The lowest BCUT2D eigenvalue weighted by molar-refractivity contribution is 0.141. The SMILES string of the molecule is C[C@H](c1nc(NC2CCCCC2)c2ccccc2n1)N1CCN(S(=O)(=O)c2ccc(Cl)cc2)CC1. The Hall–Kier alpha value is -2.26. The smallest absolute Gasteiger partial charge is 0.243 e. The minimum Gasteiger partial charge on any atom is -0.367 e. The summed E-state index contributed by atoms with van der Waals surface area (Å²) in [6.07, 6.45) is 6.17. The van der Waals surface area contributed by atoms with Crippen LogP contribution < -0.4 is 5.32 Å². The van der Waals surface area contributed by atoms with Gasteiger partial charge in [0.05, 0.1) is 16.5 Å². The number of halogens is 1. The maximum atomic E-state index is 13.1. The van der Waals surface area contributed by atoms with E-state index in [2.05, 4.69) is 23.2 Å². The quantitative estimate of drug-likeness (QED) is 0.494. The van der Waals surface area contributed by atoms with Gasteiger partial charge in [0.25, 0.3) is 0 Å². The summed E-state index contributed by atoms with van der Waals surface area (Å²) in [4.78, 5) is 12.4. The number of sulfonamides is 1. The number of aromatic nitrogens is 2. The van der Waals surface area contributed by atoms with Crippen LogP contribution in [0.2, 0.25) is 5.02 Å². The molecule has 0 spiro atoms. The Morgan fingerprint density at radius 1 is 0.943 bits per heavy atom. The molecule has 0 bridgehead atoms. The minimum absolute atomic E-state index is 0.0214. The average Bonchev–Trinajstić information content (AvgIpc) is 2.89. The molecule has 1 saturated heterocycles. The summed E-state index contributed by atoms with van der Waals surface area (Å²) >= 11 is 5.93. The summed E-state index contributed by atoms with van der Waals surface area (Å²) in [6, 6.07) is 14.9. The highest BCUT2D eigenvalue weighted by molar-refractivity contribution is 7.89. The van der Waals surface area contributed by atoms with Crippen molar-refractivity contribution in [1.29, 1.82) is 0 Å². The van der Waals surface area contributed by atoms with Gasteiger partial charge >= 0.3 is 0 Å². The molecule has 0 amide bonds. The van der Waals surface area contributed by atoms with Crippen LogP contribution >= 0.6 is 11.6 Å². The van der Waals surface area contributed by atoms with E-state index < -0.39 is 10.0 Å². The van der Waals surface area contributed by atoms with Gasteiger partial charge in [-0.3, -0.25) is 4.90 Å². The fraction of sp³-hybridized carbons (Fsp3) is 0.462. The molecule has 2 aliphatic rings. The van der Waals surface area contributed by atoms with E-state index in [9.17, 15) is 8.42 Å². The molecule has 1 aliphatic carbocycles. The predicted octanol–water partition coefficient (Wildman–Crippen LogP) is 5.10. The van der Waals surface area contributed by atoms with Gasteiger partial charge in [0.15, 0.2) is 0 Å². The van der Waals surface area contributed by atoms with Crippen molar-refractivity contribution < 1.29 is 8.42 Å². The lowest BCUT2D eigenvalue weighted by Crippen LogP contribution is -2.49. The summed E-state index contributed by atoms with van der Waals surface area (Å²) < 4.78 is 27.7. The number of anilines is 1. The number of nitrogens with one attached hydrogen (secondary N) is 1. The van der Waals surface area contributed by atoms with Gasteiger partial charge in [-0.25, -0.2) is 18.4 Å². The van der Waals surface area contributed by atoms with E-state index in [0.717, 1.165) is 22.5 Å². The Kier molecular flexibility index (Phi) is 7.25. The van der Waals surface area contributed by atoms with Crippen LogP contribution in [-0.2, 0) is 10.0 Å². The highest BCUT2D eigenvalue weighted by Crippen LogP contribution is 2.29. The molecule has 1 aliphatic heterocycles. The Morgan fingerprint density at radius 3 is 2.34 bits per heavy atom. The van der Waals surface area contributed by atoms with Crippen LogP contribution in [0.15, 0.2) is 53.4 Å². The molecular weight excluding hydrogens is 482 g/mol. The first-order valence-electron chi connectivity index (χ1n) is 12.4. The Morgan fingerprint density at radius 2 is 1.63 bits per heavy atom. The molecule has 1 aromatic heterocycles. The second-order valence-electron chi connectivity index (χ2n) is 9.50. The maximum Gasteiger partial charge on any atom is 0.243 e. The molecular formula is C26H32ClN5O2S. The molecule has 1 atom stereocenters. The van der Waals surface area contributed by atoms with Gasteiger partial charge in [-0.1, -0.05) is 43.0 Å². The van der Waals surface area contributed by atoms with Crippen LogP contribution in [-0.4, -0.2) is 59.8 Å². The summed E-state index contributed by atoms with van der Waals surface area (Å²) in [5.41, 5.74) is 0.937. The van der Waals surface area contributed by atoms with Crippen molar-refractivity contribution >= 4 is 38.3 Å². The van der Waals surface area contributed by atoms with Gasteiger partial charge < -0.3 is 5.32 Å². The van der Waals surface area contributed by atoms with Crippen molar-refractivity contribution in [2.45, 2.75) is 56.0 Å². The highest BCUT2D eigenvalue weighted by Gasteiger charge is 2.31. The Balaban J connectivity index is 1.32.